The molecular weight excluding hydrogens is 150 g/mol. The topological polar surface area (TPSA) is 32.3 Å². The van der Waals surface area contributed by atoms with Gasteiger partial charge in [0.25, 0.3) is 0 Å². The third kappa shape index (κ3) is 4.74. The van der Waals surface area contributed by atoms with E-state index in [1.54, 1.807) is 0 Å². The molecule has 0 radical (unpaired) electrons. The standard InChI is InChI=1S/C8H11NO.C2H6/c10-7-6-9-8-4-2-1-3-5-8;1-2/h1-5,9-10H,6-7H2;1-2H3. The van der Waals surface area contributed by atoms with Gasteiger partial charge in [0, 0.05) is 12.2 Å². The van der Waals surface area contributed by atoms with Crippen molar-refractivity contribution in [1.82, 2.24) is 0 Å². The summed E-state index contributed by atoms with van der Waals surface area (Å²) in [6, 6.07) is 9.81. The zero-order valence-corrected chi connectivity index (χ0v) is 7.75. The zero-order chi connectivity index (χ0) is 9.23. The fraction of sp³-hybridized carbons (Fsp3) is 0.400. The van der Waals surface area contributed by atoms with E-state index in [1.165, 1.54) is 0 Å². The van der Waals surface area contributed by atoms with E-state index in [4.69, 9.17) is 5.11 Å². The van der Waals surface area contributed by atoms with Crippen LogP contribution in [0.3, 0.4) is 0 Å². The molecule has 0 amide bonds. The van der Waals surface area contributed by atoms with Gasteiger partial charge in [-0.05, 0) is 12.1 Å². The molecule has 0 aliphatic rings. The van der Waals surface area contributed by atoms with Gasteiger partial charge in [0.2, 0.25) is 0 Å². The third-order valence-corrected chi connectivity index (χ3v) is 1.21. The molecule has 1 aromatic rings. The van der Waals surface area contributed by atoms with Crippen LogP contribution < -0.4 is 5.32 Å². The maximum Gasteiger partial charge on any atom is 0.0604 e. The molecule has 0 aliphatic heterocycles. The molecule has 0 bridgehead atoms. The Kier molecular flexibility index (Phi) is 7.39. The number of aliphatic hydroxyl groups is 1. The van der Waals surface area contributed by atoms with Gasteiger partial charge >= 0.3 is 0 Å². The molecule has 2 heteroatoms. The average Bonchev–Trinajstić information content (AvgIpc) is 2.19. The number of nitrogens with one attached hydrogen (secondary N) is 1. The average molecular weight is 167 g/mol. The molecule has 2 N–H and O–H groups in total. The van der Waals surface area contributed by atoms with E-state index < -0.39 is 0 Å². The number of rotatable bonds is 3. The number of benzene rings is 1. The minimum atomic E-state index is 0.175. The Labute approximate surface area is 74.2 Å². The van der Waals surface area contributed by atoms with Gasteiger partial charge in [-0.3, -0.25) is 0 Å². The van der Waals surface area contributed by atoms with Gasteiger partial charge in [-0.15, -0.1) is 0 Å². The van der Waals surface area contributed by atoms with E-state index >= 15 is 0 Å². The fourth-order valence-corrected chi connectivity index (χ4v) is 0.756. The minimum absolute atomic E-state index is 0.175. The molecule has 2 nitrogen and oxygen atoms in total. The van der Waals surface area contributed by atoms with Crippen molar-refractivity contribution in [3.8, 4) is 0 Å². The molecule has 1 rings (SSSR count). The second-order valence-corrected chi connectivity index (χ2v) is 2.02. The minimum Gasteiger partial charge on any atom is -0.395 e. The molecule has 12 heavy (non-hydrogen) atoms. The Bertz CT molecular complexity index is 174. The molecule has 0 heterocycles. The highest BCUT2D eigenvalue weighted by atomic mass is 16.3. The zero-order valence-electron chi connectivity index (χ0n) is 7.75. The highest BCUT2D eigenvalue weighted by Crippen LogP contribution is 2.02. The molecule has 0 unspecified atom stereocenters. The fourth-order valence-electron chi connectivity index (χ4n) is 0.756. The van der Waals surface area contributed by atoms with Gasteiger partial charge in [0.1, 0.15) is 0 Å². The highest BCUT2D eigenvalue weighted by molar-refractivity contribution is 5.42. The molecule has 0 fully saturated rings. The Morgan fingerprint density at radius 1 is 1.17 bits per heavy atom. The summed E-state index contributed by atoms with van der Waals surface area (Å²) in [7, 11) is 0. The predicted molar refractivity (Wildman–Crippen MR) is 53.4 cm³/mol. The first-order chi connectivity index (χ1) is 5.93. The molecule has 68 valence electrons. The first-order valence-electron chi connectivity index (χ1n) is 4.33. The lowest BCUT2D eigenvalue weighted by atomic mass is 10.3. The number of aliphatic hydroxyl groups excluding tert-OH is 1. The summed E-state index contributed by atoms with van der Waals surface area (Å²) >= 11 is 0. The molecular formula is C10H17NO. The van der Waals surface area contributed by atoms with Crippen LogP contribution in [0, 0.1) is 0 Å². The van der Waals surface area contributed by atoms with Gasteiger partial charge < -0.3 is 10.4 Å². The van der Waals surface area contributed by atoms with Crippen molar-refractivity contribution in [1.29, 1.82) is 0 Å². The van der Waals surface area contributed by atoms with Crippen LogP contribution in [-0.4, -0.2) is 18.3 Å². The second kappa shape index (κ2) is 8.08. The maximum atomic E-state index is 8.47. The summed E-state index contributed by atoms with van der Waals surface area (Å²) < 4.78 is 0. The summed E-state index contributed by atoms with van der Waals surface area (Å²) in [5, 5.41) is 11.5. The first kappa shape index (κ1) is 11.0. The van der Waals surface area contributed by atoms with Crippen LogP contribution in [0.15, 0.2) is 30.3 Å². The van der Waals surface area contributed by atoms with Crippen LogP contribution in [-0.2, 0) is 0 Å². The van der Waals surface area contributed by atoms with Crippen molar-refractivity contribution in [3.05, 3.63) is 30.3 Å². The Hall–Kier alpha value is -1.02. The van der Waals surface area contributed by atoms with Crippen LogP contribution in [0.5, 0.6) is 0 Å². The van der Waals surface area contributed by atoms with Gasteiger partial charge in [-0.1, -0.05) is 32.0 Å². The summed E-state index contributed by atoms with van der Waals surface area (Å²) in [5.74, 6) is 0. The SMILES string of the molecule is CC.OCCNc1ccccc1. The van der Waals surface area contributed by atoms with Crippen molar-refractivity contribution >= 4 is 5.69 Å². The van der Waals surface area contributed by atoms with Gasteiger partial charge in [-0.2, -0.15) is 0 Å². The van der Waals surface area contributed by atoms with Gasteiger partial charge in [0.15, 0.2) is 0 Å². The lowest BCUT2D eigenvalue weighted by Gasteiger charge is -2.01. The largest absolute Gasteiger partial charge is 0.395 e. The van der Waals surface area contributed by atoms with Gasteiger partial charge in [-0.25, -0.2) is 0 Å². The summed E-state index contributed by atoms with van der Waals surface area (Å²) in [5.41, 5.74) is 1.05. The van der Waals surface area contributed by atoms with Crippen molar-refractivity contribution in [2.75, 3.05) is 18.5 Å². The van der Waals surface area contributed by atoms with Crippen LogP contribution in [0.1, 0.15) is 13.8 Å². The summed E-state index contributed by atoms with van der Waals surface area (Å²) in [6.45, 7) is 4.79. The van der Waals surface area contributed by atoms with Crippen molar-refractivity contribution < 1.29 is 5.11 Å². The van der Waals surface area contributed by atoms with Crippen LogP contribution in [0.4, 0.5) is 5.69 Å². The van der Waals surface area contributed by atoms with E-state index in [-0.39, 0.29) is 6.61 Å². The van der Waals surface area contributed by atoms with E-state index in [9.17, 15) is 0 Å². The second-order valence-electron chi connectivity index (χ2n) is 2.02. The van der Waals surface area contributed by atoms with E-state index in [0.717, 1.165) is 5.69 Å². The van der Waals surface area contributed by atoms with Crippen molar-refractivity contribution in [3.63, 3.8) is 0 Å². The number of hydrogen-bond donors (Lipinski definition) is 2. The summed E-state index contributed by atoms with van der Waals surface area (Å²) in [6.07, 6.45) is 0. The molecule has 0 saturated heterocycles. The molecule has 0 spiro atoms. The maximum absolute atomic E-state index is 8.47. The quantitative estimate of drug-likeness (QED) is 0.722. The van der Waals surface area contributed by atoms with Crippen molar-refractivity contribution in [2.45, 2.75) is 13.8 Å². The normalized spacial score (nSPS) is 8.25. The van der Waals surface area contributed by atoms with E-state index in [2.05, 4.69) is 5.32 Å². The monoisotopic (exact) mass is 167 g/mol. The number of para-hydroxylation sites is 1. The number of hydrogen-bond acceptors (Lipinski definition) is 2. The van der Waals surface area contributed by atoms with Gasteiger partial charge in [0.05, 0.1) is 6.61 Å². The molecule has 0 atom stereocenters. The molecule has 0 aliphatic carbocycles. The smallest absolute Gasteiger partial charge is 0.0604 e. The van der Waals surface area contributed by atoms with E-state index in [1.807, 2.05) is 44.2 Å². The lowest BCUT2D eigenvalue weighted by molar-refractivity contribution is 0.311. The van der Waals surface area contributed by atoms with Crippen LogP contribution >= 0.6 is 0 Å². The predicted octanol–water partition coefficient (Wildman–Crippen LogP) is 2.12. The summed E-state index contributed by atoms with van der Waals surface area (Å²) in [4.78, 5) is 0. The van der Waals surface area contributed by atoms with Crippen LogP contribution in [0.2, 0.25) is 0 Å². The Morgan fingerprint density at radius 2 is 1.75 bits per heavy atom. The van der Waals surface area contributed by atoms with Crippen LogP contribution in [0.25, 0.3) is 0 Å². The molecule has 0 aromatic heterocycles. The van der Waals surface area contributed by atoms with E-state index in [0.29, 0.717) is 6.54 Å². The highest BCUT2D eigenvalue weighted by Gasteiger charge is 1.84. The first-order valence-corrected chi connectivity index (χ1v) is 4.33. The lowest BCUT2D eigenvalue weighted by Crippen LogP contribution is -2.04. The third-order valence-electron chi connectivity index (χ3n) is 1.21. The Balaban J connectivity index is 0.000000561. The van der Waals surface area contributed by atoms with Crippen molar-refractivity contribution in [2.24, 2.45) is 0 Å². The number of anilines is 1. The molecule has 1 aromatic carbocycles. The Morgan fingerprint density at radius 3 is 2.25 bits per heavy atom. The molecule has 0 saturated carbocycles.